The Kier molecular flexibility index (Phi) is 29.6. The maximum atomic E-state index is 12.0. The average Bonchev–Trinajstić information content (AvgIpc) is 2.88. The van der Waals surface area contributed by atoms with Gasteiger partial charge < -0.3 is 14.6 Å². The molecule has 1 unspecified atom stereocenters. The van der Waals surface area contributed by atoms with E-state index in [1.165, 1.54) is 122 Å². The topological polar surface area (TPSA) is 55.8 Å². The van der Waals surface area contributed by atoms with Crippen LogP contribution in [0.4, 0.5) is 0 Å². The molecule has 0 saturated carbocycles. The molecular weight excluding hydrogens is 448 g/mol. The van der Waals surface area contributed by atoms with Crippen molar-refractivity contribution in [1.29, 1.82) is 0 Å². The Bertz CT molecular complexity index is 463. The summed E-state index contributed by atoms with van der Waals surface area (Å²) in [4.78, 5) is 12.0. The third kappa shape index (κ3) is 27.7. The first-order valence-electron chi connectivity index (χ1n) is 15.8. The van der Waals surface area contributed by atoms with E-state index < -0.39 is 6.10 Å². The van der Waals surface area contributed by atoms with E-state index >= 15 is 0 Å². The van der Waals surface area contributed by atoms with Gasteiger partial charge in [0.2, 0.25) is 0 Å². The van der Waals surface area contributed by atoms with Crippen LogP contribution in [0.3, 0.4) is 0 Å². The van der Waals surface area contributed by atoms with E-state index in [0.717, 1.165) is 19.3 Å². The lowest BCUT2D eigenvalue weighted by molar-refractivity contribution is -0.154. The second-order valence-corrected chi connectivity index (χ2v) is 10.5. The largest absolute Gasteiger partial charge is 0.457 e. The molecular formula is C32H62O4. The predicted molar refractivity (Wildman–Crippen MR) is 154 cm³/mol. The molecule has 0 bridgehead atoms. The first kappa shape index (κ1) is 35.1. The van der Waals surface area contributed by atoms with E-state index in [0.29, 0.717) is 19.6 Å². The molecule has 0 heterocycles. The number of esters is 1. The second kappa shape index (κ2) is 30.4. The van der Waals surface area contributed by atoms with Crippen molar-refractivity contribution in [3.63, 3.8) is 0 Å². The van der Waals surface area contributed by atoms with Gasteiger partial charge in [-0.3, -0.25) is 4.79 Å². The van der Waals surface area contributed by atoms with Crippen LogP contribution in [0.2, 0.25) is 0 Å². The maximum Gasteiger partial charge on any atom is 0.306 e. The number of hydrogen-bond acceptors (Lipinski definition) is 4. The van der Waals surface area contributed by atoms with Gasteiger partial charge in [-0.2, -0.15) is 0 Å². The van der Waals surface area contributed by atoms with Crippen LogP contribution in [0.25, 0.3) is 0 Å². The SMILES string of the molecule is CCCC/C=C\CCCCCCCCOCC(CO)OC(=O)CCCCCCCCCCCCCC. The first-order valence-corrected chi connectivity index (χ1v) is 15.8. The highest BCUT2D eigenvalue weighted by Crippen LogP contribution is 2.13. The van der Waals surface area contributed by atoms with Crippen molar-refractivity contribution in [2.75, 3.05) is 19.8 Å². The Hall–Kier alpha value is -0.870. The van der Waals surface area contributed by atoms with Crippen molar-refractivity contribution in [2.24, 2.45) is 0 Å². The van der Waals surface area contributed by atoms with Gasteiger partial charge in [0.25, 0.3) is 0 Å². The van der Waals surface area contributed by atoms with Crippen LogP contribution in [0.1, 0.15) is 162 Å². The molecule has 0 saturated heterocycles. The van der Waals surface area contributed by atoms with Crippen LogP contribution >= 0.6 is 0 Å². The van der Waals surface area contributed by atoms with Crippen molar-refractivity contribution in [2.45, 2.75) is 168 Å². The molecule has 0 aromatic carbocycles. The molecule has 4 heteroatoms. The molecule has 36 heavy (non-hydrogen) atoms. The fourth-order valence-electron chi connectivity index (χ4n) is 4.43. The van der Waals surface area contributed by atoms with Gasteiger partial charge in [-0.1, -0.05) is 135 Å². The van der Waals surface area contributed by atoms with Crippen LogP contribution in [0.15, 0.2) is 12.2 Å². The van der Waals surface area contributed by atoms with E-state index in [9.17, 15) is 9.90 Å². The lowest BCUT2D eigenvalue weighted by Gasteiger charge is -2.15. The molecule has 1 atom stereocenters. The molecule has 0 amide bonds. The normalized spacial score (nSPS) is 12.4. The van der Waals surface area contributed by atoms with Crippen molar-refractivity contribution in [3.05, 3.63) is 12.2 Å². The Labute approximate surface area is 225 Å². The Morgan fingerprint density at radius 2 is 1.11 bits per heavy atom. The van der Waals surface area contributed by atoms with Gasteiger partial charge in [-0.05, 0) is 32.1 Å². The van der Waals surface area contributed by atoms with Gasteiger partial charge in [-0.15, -0.1) is 0 Å². The maximum absolute atomic E-state index is 12.0. The number of unbranched alkanes of at least 4 members (excludes halogenated alkanes) is 19. The number of aliphatic hydroxyl groups is 1. The first-order chi connectivity index (χ1) is 17.7. The summed E-state index contributed by atoms with van der Waals surface area (Å²) in [6.45, 7) is 5.30. The summed E-state index contributed by atoms with van der Waals surface area (Å²) in [7, 11) is 0. The molecule has 0 aromatic heterocycles. The number of hydrogen-bond donors (Lipinski definition) is 1. The second-order valence-electron chi connectivity index (χ2n) is 10.5. The summed E-state index contributed by atoms with van der Waals surface area (Å²) in [5.41, 5.74) is 0. The highest BCUT2D eigenvalue weighted by atomic mass is 16.6. The van der Waals surface area contributed by atoms with Gasteiger partial charge in [0.05, 0.1) is 13.2 Å². The molecule has 1 N–H and O–H groups in total. The summed E-state index contributed by atoms with van der Waals surface area (Å²) in [5, 5.41) is 9.49. The summed E-state index contributed by atoms with van der Waals surface area (Å²) >= 11 is 0. The van der Waals surface area contributed by atoms with Crippen molar-refractivity contribution in [1.82, 2.24) is 0 Å². The van der Waals surface area contributed by atoms with Crippen molar-refractivity contribution >= 4 is 5.97 Å². The summed E-state index contributed by atoms with van der Waals surface area (Å²) in [6, 6.07) is 0. The van der Waals surface area contributed by atoms with E-state index in [1.807, 2.05) is 0 Å². The third-order valence-corrected chi connectivity index (χ3v) is 6.84. The van der Waals surface area contributed by atoms with Crippen molar-refractivity contribution in [3.8, 4) is 0 Å². The summed E-state index contributed by atoms with van der Waals surface area (Å²) in [5.74, 6) is -0.204. The molecule has 0 rings (SSSR count). The highest BCUT2D eigenvalue weighted by Gasteiger charge is 2.13. The molecule has 0 aliphatic carbocycles. The van der Waals surface area contributed by atoms with Gasteiger partial charge in [0, 0.05) is 13.0 Å². The lowest BCUT2D eigenvalue weighted by atomic mass is 10.0. The lowest BCUT2D eigenvalue weighted by Crippen LogP contribution is -2.27. The van der Waals surface area contributed by atoms with Gasteiger partial charge in [0.15, 0.2) is 0 Å². The zero-order chi connectivity index (χ0) is 26.4. The standard InChI is InChI=1S/C32H62O4/c1-3-5-7-9-11-13-15-17-19-21-23-25-27-32(34)36-31(29-33)30-35-28-26-24-22-20-18-16-14-12-10-8-6-4-2/h10,12,31,33H,3-9,11,13-30H2,1-2H3/b12-10-. The fourth-order valence-corrected chi connectivity index (χ4v) is 4.43. The van der Waals surface area contributed by atoms with Crippen LogP contribution in [0, 0.1) is 0 Å². The van der Waals surface area contributed by atoms with Crippen LogP contribution in [-0.2, 0) is 14.3 Å². The smallest absolute Gasteiger partial charge is 0.306 e. The van der Waals surface area contributed by atoms with Crippen LogP contribution < -0.4 is 0 Å². The van der Waals surface area contributed by atoms with Crippen LogP contribution in [0.5, 0.6) is 0 Å². The number of carbonyl (C=O) groups is 1. The molecule has 0 fully saturated rings. The Balaban J connectivity index is 3.44. The quantitative estimate of drug-likeness (QED) is 0.0618. The Morgan fingerprint density at radius 3 is 1.67 bits per heavy atom. The number of ether oxygens (including phenoxy) is 2. The number of allylic oxidation sites excluding steroid dienone is 2. The zero-order valence-electron chi connectivity index (χ0n) is 24.3. The average molecular weight is 511 g/mol. The van der Waals surface area contributed by atoms with Gasteiger partial charge in [-0.25, -0.2) is 0 Å². The van der Waals surface area contributed by atoms with E-state index in [-0.39, 0.29) is 12.6 Å². The minimum Gasteiger partial charge on any atom is -0.457 e. The molecule has 0 aliphatic rings. The van der Waals surface area contributed by atoms with Crippen LogP contribution in [-0.4, -0.2) is 37.0 Å². The number of carbonyl (C=O) groups excluding carboxylic acids is 1. The fraction of sp³-hybridized carbons (Fsp3) is 0.906. The summed E-state index contributed by atoms with van der Waals surface area (Å²) < 4.78 is 11.0. The van der Waals surface area contributed by atoms with E-state index in [1.54, 1.807) is 0 Å². The monoisotopic (exact) mass is 510 g/mol. The van der Waals surface area contributed by atoms with Gasteiger partial charge >= 0.3 is 5.97 Å². The molecule has 4 nitrogen and oxygen atoms in total. The summed E-state index contributed by atoms with van der Waals surface area (Å²) in [6.07, 6.45) is 32.3. The molecule has 0 aliphatic heterocycles. The molecule has 0 radical (unpaired) electrons. The van der Waals surface area contributed by atoms with Crippen molar-refractivity contribution < 1.29 is 19.4 Å². The number of rotatable bonds is 29. The van der Waals surface area contributed by atoms with E-state index in [4.69, 9.17) is 9.47 Å². The minimum atomic E-state index is -0.528. The molecule has 214 valence electrons. The molecule has 0 spiro atoms. The predicted octanol–water partition coefficient (Wildman–Crippen LogP) is 9.48. The van der Waals surface area contributed by atoms with E-state index in [2.05, 4.69) is 26.0 Å². The Morgan fingerprint density at radius 1 is 0.639 bits per heavy atom. The highest BCUT2D eigenvalue weighted by molar-refractivity contribution is 5.69. The zero-order valence-corrected chi connectivity index (χ0v) is 24.3. The number of aliphatic hydroxyl groups excluding tert-OH is 1. The minimum absolute atomic E-state index is 0.170. The van der Waals surface area contributed by atoms with Gasteiger partial charge in [0.1, 0.15) is 6.10 Å². The molecule has 0 aromatic rings. The third-order valence-electron chi connectivity index (χ3n) is 6.84.